The third kappa shape index (κ3) is 11.2. The Kier molecular flexibility index (Phi) is 17.4. The number of benzene rings is 22. The van der Waals surface area contributed by atoms with E-state index in [4.69, 9.17) is 4.42 Å². The second-order valence-corrected chi connectivity index (χ2v) is 37.2. The van der Waals surface area contributed by atoms with Gasteiger partial charge >= 0.3 is 0 Å². The first-order valence-corrected chi connectivity index (χ1v) is 47.8. The van der Waals surface area contributed by atoms with Gasteiger partial charge < -0.3 is 24.0 Å². The SMILES string of the molecule is c1ccc(N2c3ccccc3C3(c4ccccc4-c4c(N(c5ccccc5-c5ccccc5-c5cccc6ccccc56)c5cccc6c5oc5ccc(-c7cccc(N8c9ccccc9C9(c%10ccccc%10-c%10c(N(c%11ccccc%11-c%11ccccc%11-c%11cccc%12ccccc%11%12)c%11cccc%12c%11sc%11ccccc%11%12)cccc%109)c9ccccc98)c7)cc56)cccc43)c3ccccc32)cc1. The predicted octanol–water partition coefficient (Wildman–Crippen LogP) is 35.8. The van der Waals surface area contributed by atoms with E-state index in [1.807, 2.05) is 11.3 Å². The van der Waals surface area contributed by atoms with Gasteiger partial charge in [-0.3, -0.25) is 0 Å². The number of hydrogen-bond donors (Lipinski definition) is 0. The van der Waals surface area contributed by atoms with Crippen LogP contribution in [0.1, 0.15) is 44.5 Å². The molecule has 634 valence electrons. The lowest BCUT2D eigenvalue weighted by molar-refractivity contribution is 0.669. The number of nitrogens with zero attached hydrogens (tertiary/aromatic N) is 4. The highest BCUT2D eigenvalue weighted by molar-refractivity contribution is 7.26. The molecule has 4 aliphatic rings. The fraction of sp³-hybridized carbons (Fsp3) is 0.0154. The summed E-state index contributed by atoms with van der Waals surface area (Å²) in [6.07, 6.45) is 0. The molecule has 0 unspecified atom stereocenters. The summed E-state index contributed by atoms with van der Waals surface area (Å²) in [5.41, 5.74) is 39.0. The van der Waals surface area contributed by atoms with E-state index in [0.29, 0.717) is 0 Å². The lowest BCUT2D eigenvalue weighted by Crippen LogP contribution is -2.36. The summed E-state index contributed by atoms with van der Waals surface area (Å²) in [6.45, 7) is 0. The first kappa shape index (κ1) is 77.4. The summed E-state index contributed by atoms with van der Waals surface area (Å²) >= 11 is 1.88. The van der Waals surface area contributed by atoms with Crippen LogP contribution in [0, 0.1) is 0 Å². The largest absolute Gasteiger partial charge is 0.454 e. The molecule has 0 saturated heterocycles. The molecular weight excluding hydrogens is 1670 g/mol. The van der Waals surface area contributed by atoms with Gasteiger partial charge in [0, 0.05) is 59.9 Å². The molecule has 0 fully saturated rings. The van der Waals surface area contributed by atoms with Crippen LogP contribution in [0.2, 0.25) is 0 Å². The third-order valence-corrected chi connectivity index (χ3v) is 30.7. The van der Waals surface area contributed by atoms with Gasteiger partial charge in [0.25, 0.3) is 0 Å². The lowest BCUT2D eigenvalue weighted by Gasteiger charge is -2.45. The molecule has 0 bridgehead atoms. The fourth-order valence-corrected chi connectivity index (χ4v) is 25.3. The molecule has 6 heteroatoms. The molecule has 0 saturated carbocycles. The monoisotopic (exact) mass is 1750 g/mol. The number of para-hydroxylation sites is 8. The molecule has 2 aromatic heterocycles. The Morgan fingerprint density at radius 1 is 0.206 bits per heavy atom. The van der Waals surface area contributed by atoms with Crippen LogP contribution >= 0.6 is 11.3 Å². The van der Waals surface area contributed by atoms with Crippen LogP contribution < -0.4 is 19.6 Å². The second-order valence-electron chi connectivity index (χ2n) is 36.2. The van der Waals surface area contributed by atoms with Crippen LogP contribution in [0.25, 0.3) is 142 Å². The molecule has 2 aliphatic carbocycles. The van der Waals surface area contributed by atoms with Gasteiger partial charge in [-0.15, -0.1) is 11.3 Å². The maximum atomic E-state index is 7.61. The summed E-state index contributed by atoms with van der Waals surface area (Å²) in [7, 11) is 0. The lowest BCUT2D eigenvalue weighted by atomic mass is 9.64. The number of anilines is 12. The molecule has 4 heterocycles. The van der Waals surface area contributed by atoms with E-state index in [1.165, 1.54) is 120 Å². The van der Waals surface area contributed by atoms with E-state index in [2.05, 4.69) is 517 Å². The highest BCUT2D eigenvalue weighted by atomic mass is 32.1. The van der Waals surface area contributed by atoms with E-state index in [1.54, 1.807) is 0 Å². The van der Waals surface area contributed by atoms with Crippen molar-refractivity contribution in [3.8, 4) is 77.9 Å². The van der Waals surface area contributed by atoms with Gasteiger partial charge in [-0.2, -0.15) is 0 Å². The van der Waals surface area contributed by atoms with Crippen molar-refractivity contribution in [2.75, 3.05) is 19.6 Å². The Bertz CT molecular complexity index is 8980. The van der Waals surface area contributed by atoms with E-state index >= 15 is 0 Å². The first-order valence-electron chi connectivity index (χ1n) is 46.9. The summed E-state index contributed by atoms with van der Waals surface area (Å²) in [5, 5.41) is 9.37. The van der Waals surface area contributed by atoms with Crippen molar-refractivity contribution >= 4 is 143 Å². The molecule has 24 aromatic rings. The van der Waals surface area contributed by atoms with Crippen molar-refractivity contribution in [2.24, 2.45) is 0 Å². The van der Waals surface area contributed by atoms with Gasteiger partial charge in [-0.1, -0.05) is 394 Å². The number of rotatable bonds is 13. The number of hydrogen-bond acceptors (Lipinski definition) is 6. The van der Waals surface area contributed by atoms with Crippen molar-refractivity contribution in [3.63, 3.8) is 0 Å². The van der Waals surface area contributed by atoms with Crippen LogP contribution in [0.5, 0.6) is 0 Å². The average Bonchev–Trinajstić information content (AvgIpc) is 1.49. The van der Waals surface area contributed by atoms with Crippen molar-refractivity contribution in [1.29, 1.82) is 0 Å². The minimum atomic E-state index is -0.767. The normalized spacial score (nSPS) is 13.2. The molecule has 28 rings (SSSR count). The molecule has 22 aromatic carbocycles. The molecule has 2 spiro atoms. The van der Waals surface area contributed by atoms with Crippen molar-refractivity contribution in [1.82, 2.24) is 0 Å². The van der Waals surface area contributed by atoms with Crippen molar-refractivity contribution < 1.29 is 4.42 Å². The smallest absolute Gasteiger partial charge is 0.159 e. The Morgan fingerprint density at radius 3 is 1.10 bits per heavy atom. The highest BCUT2D eigenvalue weighted by Crippen LogP contribution is 2.69. The van der Waals surface area contributed by atoms with Gasteiger partial charge in [-0.25, -0.2) is 0 Å². The van der Waals surface area contributed by atoms with E-state index in [9.17, 15) is 0 Å². The third-order valence-electron chi connectivity index (χ3n) is 29.4. The van der Waals surface area contributed by atoms with Gasteiger partial charge in [0.05, 0.1) is 72.4 Å². The molecule has 136 heavy (non-hydrogen) atoms. The van der Waals surface area contributed by atoms with Crippen molar-refractivity contribution in [3.05, 3.63) is 542 Å². The van der Waals surface area contributed by atoms with Gasteiger partial charge in [0.2, 0.25) is 0 Å². The molecule has 0 radical (unpaired) electrons. The summed E-state index contributed by atoms with van der Waals surface area (Å²) < 4.78 is 10.1. The minimum absolute atomic E-state index is 0.724. The predicted molar refractivity (Wildman–Crippen MR) is 569 cm³/mol. The van der Waals surface area contributed by atoms with Crippen LogP contribution in [-0.4, -0.2) is 0 Å². The zero-order valence-electron chi connectivity index (χ0n) is 73.9. The second kappa shape index (κ2) is 30.6. The van der Waals surface area contributed by atoms with Gasteiger partial charge in [0.1, 0.15) is 5.58 Å². The summed E-state index contributed by atoms with van der Waals surface area (Å²) in [4.78, 5) is 10.1. The van der Waals surface area contributed by atoms with Crippen LogP contribution in [0.4, 0.5) is 68.2 Å². The molecule has 0 amide bonds. The standard InChI is InChI=1S/C130H82N4OS/c1-2-42-87(43-3-1)131-115-70-25-19-62-107(115)129(108-63-20-26-71-116(108)131)105-60-17-12-54-102(105)125-111(129)66-35-74-119(125)133(113-68-23-14-51-97(113)95-49-10-8-47-93(95)91-56-31-39-83-37-4-6-45-89(83)91)121-76-33-58-100-104-82-86(79-80-123(104)135-127(100)121)85-41-30-44-88(81-85)132-117-72-27-21-64-109(117)130(110-65-22-28-73-118(110)132)106-61-18-13-55-103(106)126-112(130)67-36-75-120(126)134(122-77-34-59-101-99-53-16-29-78-124(99)136-128(101)122)114-69-24-15-52-98(114)96-50-11-9-48-94(96)92-57-32-40-84-38-5-7-46-90(84)92/h1-82H. The summed E-state index contributed by atoms with van der Waals surface area (Å²) in [6, 6.07) is 186. The van der Waals surface area contributed by atoms with Crippen molar-refractivity contribution in [2.45, 2.75) is 10.8 Å². The molecule has 0 atom stereocenters. The van der Waals surface area contributed by atoms with E-state index in [0.717, 1.165) is 135 Å². The number of thiophene rings is 1. The molecule has 2 aliphatic heterocycles. The van der Waals surface area contributed by atoms with E-state index < -0.39 is 10.8 Å². The van der Waals surface area contributed by atoms with Gasteiger partial charge in [-0.05, 0) is 225 Å². The zero-order valence-corrected chi connectivity index (χ0v) is 74.8. The quantitative estimate of drug-likeness (QED) is 0.115. The number of furan rings is 1. The molecule has 5 nitrogen and oxygen atoms in total. The maximum absolute atomic E-state index is 7.61. The first-order chi connectivity index (χ1) is 67.5. The van der Waals surface area contributed by atoms with Crippen LogP contribution in [-0.2, 0) is 10.8 Å². The summed E-state index contributed by atoms with van der Waals surface area (Å²) in [5.74, 6) is 0. The van der Waals surface area contributed by atoms with Gasteiger partial charge in [0.15, 0.2) is 5.58 Å². The zero-order chi connectivity index (χ0) is 89.3. The van der Waals surface area contributed by atoms with Crippen LogP contribution in [0.3, 0.4) is 0 Å². The average molecular weight is 1750 g/mol. The number of fused-ring (bicyclic) bond motifs is 26. The minimum Gasteiger partial charge on any atom is -0.454 e. The van der Waals surface area contributed by atoms with E-state index in [-0.39, 0.29) is 0 Å². The Labute approximate surface area is 792 Å². The Hall–Kier alpha value is -17.4. The fourth-order valence-electron chi connectivity index (χ4n) is 24.0. The Morgan fingerprint density at radius 2 is 0.551 bits per heavy atom. The molecular formula is C130H82N4OS. The highest BCUT2D eigenvalue weighted by Gasteiger charge is 2.55. The van der Waals surface area contributed by atoms with Crippen LogP contribution in [0.15, 0.2) is 502 Å². The topological polar surface area (TPSA) is 26.1 Å². The Balaban J connectivity index is 0.605. The molecule has 0 N–H and O–H groups in total. The maximum Gasteiger partial charge on any atom is 0.159 e.